The Morgan fingerprint density at radius 2 is 2.08 bits per heavy atom. The quantitative estimate of drug-likeness (QED) is 0.615. The molecular formula is C19H24N3O2+. The highest BCUT2D eigenvalue weighted by molar-refractivity contribution is 5.83. The molecule has 1 atom stereocenters. The highest BCUT2D eigenvalue weighted by atomic mass is 16.3. The maximum Gasteiger partial charge on any atom is 0.275 e. The van der Waals surface area contributed by atoms with E-state index < -0.39 is 0 Å². The van der Waals surface area contributed by atoms with Gasteiger partial charge in [-0.2, -0.15) is 0 Å². The molecule has 24 heavy (non-hydrogen) atoms. The number of furan rings is 1. The summed E-state index contributed by atoms with van der Waals surface area (Å²) in [6.45, 7) is 3.72. The number of aromatic amines is 1. The normalized spacial score (nSPS) is 12.4. The van der Waals surface area contributed by atoms with E-state index in [1.807, 2.05) is 44.4 Å². The molecule has 0 radical (unpaired) electrons. The average Bonchev–Trinajstić information content (AvgIpc) is 3.14. The number of hydrogen-bond donors (Lipinski definition) is 3. The summed E-state index contributed by atoms with van der Waals surface area (Å²) in [6, 6.07) is 12.1. The minimum atomic E-state index is 0.0654. The lowest BCUT2D eigenvalue weighted by molar-refractivity contribution is -0.886. The predicted molar refractivity (Wildman–Crippen MR) is 93.9 cm³/mol. The lowest BCUT2D eigenvalue weighted by Gasteiger charge is -2.12. The van der Waals surface area contributed by atoms with Crippen LogP contribution in [-0.4, -0.2) is 31.0 Å². The number of aromatic nitrogens is 1. The number of fused-ring (bicyclic) bond motifs is 1. The number of carbonyl (C=O) groups is 1. The molecule has 2 heterocycles. The van der Waals surface area contributed by atoms with Gasteiger partial charge in [-0.15, -0.1) is 0 Å². The first-order valence-electron chi connectivity index (χ1n) is 8.30. The van der Waals surface area contributed by atoms with Gasteiger partial charge in [0.05, 0.1) is 7.05 Å². The minimum absolute atomic E-state index is 0.0654. The third-order valence-electron chi connectivity index (χ3n) is 4.13. The van der Waals surface area contributed by atoms with Gasteiger partial charge in [-0.25, -0.2) is 0 Å². The number of quaternary nitrogens is 1. The fourth-order valence-electron chi connectivity index (χ4n) is 2.95. The van der Waals surface area contributed by atoms with Gasteiger partial charge in [0.2, 0.25) is 0 Å². The number of hydrogen-bond acceptors (Lipinski definition) is 2. The van der Waals surface area contributed by atoms with Crippen molar-refractivity contribution in [1.82, 2.24) is 10.3 Å². The van der Waals surface area contributed by atoms with E-state index in [2.05, 4.69) is 22.4 Å². The number of para-hydroxylation sites is 1. The van der Waals surface area contributed by atoms with Crippen LogP contribution in [0.2, 0.25) is 0 Å². The second-order valence-corrected chi connectivity index (χ2v) is 6.28. The highest BCUT2D eigenvalue weighted by Gasteiger charge is 2.12. The van der Waals surface area contributed by atoms with Crippen molar-refractivity contribution in [2.45, 2.75) is 19.9 Å². The van der Waals surface area contributed by atoms with E-state index in [-0.39, 0.29) is 5.91 Å². The Morgan fingerprint density at radius 1 is 1.25 bits per heavy atom. The maximum atomic E-state index is 12.1. The minimum Gasteiger partial charge on any atom is -0.460 e. The number of likely N-dealkylation sites (N-methyl/N-ethyl adjacent to an activating group) is 1. The second-order valence-electron chi connectivity index (χ2n) is 6.28. The van der Waals surface area contributed by atoms with Gasteiger partial charge < -0.3 is 19.6 Å². The molecular weight excluding hydrogens is 302 g/mol. The van der Waals surface area contributed by atoms with Crippen molar-refractivity contribution in [2.24, 2.45) is 0 Å². The molecule has 0 spiro atoms. The second kappa shape index (κ2) is 7.36. The van der Waals surface area contributed by atoms with E-state index >= 15 is 0 Å². The molecule has 0 aliphatic heterocycles. The molecule has 5 heteroatoms. The molecule has 0 saturated carbocycles. The Labute approximate surface area is 141 Å². The van der Waals surface area contributed by atoms with Crippen LogP contribution in [0.3, 0.4) is 0 Å². The summed E-state index contributed by atoms with van der Waals surface area (Å²) in [7, 11) is 2.00. The molecule has 0 aliphatic rings. The van der Waals surface area contributed by atoms with Crippen LogP contribution in [0.4, 0.5) is 0 Å². The Balaban J connectivity index is 1.44. The third-order valence-corrected chi connectivity index (χ3v) is 4.13. The van der Waals surface area contributed by atoms with E-state index in [1.165, 1.54) is 10.9 Å². The summed E-state index contributed by atoms with van der Waals surface area (Å²) in [6.07, 6.45) is 2.85. The lowest BCUT2D eigenvalue weighted by atomic mass is 10.1. The first-order valence-corrected chi connectivity index (χ1v) is 8.30. The van der Waals surface area contributed by atoms with Crippen molar-refractivity contribution in [3.8, 4) is 0 Å². The fraction of sp³-hybridized carbons (Fsp3) is 0.316. The summed E-state index contributed by atoms with van der Waals surface area (Å²) in [5.74, 6) is 1.88. The van der Waals surface area contributed by atoms with Crippen LogP contribution >= 0.6 is 0 Å². The standard InChI is InChI=1S/C19H23N3O2/c1-14-7-8-16(24-14)12-22(2)13-19(23)20-10-9-15-11-21-18-6-4-3-5-17(15)18/h3-8,11,21H,9-10,12-13H2,1-2H3,(H,20,23)/p+1. The summed E-state index contributed by atoms with van der Waals surface area (Å²) < 4.78 is 5.55. The molecule has 0 fully saturated rings. The van der Waals surface area contributed by atoms with E-state index in [4.69, 9.17) is 4.42 Å². The predicted octanol–water partition coefficient (Wildman–Crippen LogP) is 1.44. The topological polar surface area (TPSA) is 62.5 Å². The van der Waals surface area contributed by atoms with Crippen LogP contribution in [0.25, 0.3) is 10.9 Å². The van der Waals surface area contributed by atoms with Gasteiger partial charge in [0.25, 0.3) is 5.91 Å². The molecule has 126 valence electrons. The van der Waals surface area contributed by atoms with Gasteiger partial charge in [-0.05, 0) is 37.1 Å². The molecule has 1 aromatic carbocycles. The zero-order valence-electron chi connectivity index (χ0n) is 14.2. The van der Waals surface area contributed by atoms with Crippen molar-refractivity contribution >= 4 is 16.8 Å². The van der Waals surface area contributed by atoms with Crippen molar-refractivity contribution < 1.29 is 14.1 Å². The Kier molecular flexibility index (Phi) is 5.01. The van der Waals surface area contributed by atoms with Gasteiger partial charge in [0.15, 0.2) is 12.3 Å². The number of carbonyl (C=O) groups excluding carboxylic acids is 1. The third kappa shape index (κ3) is 4.06. The number of aryl methyl sites for hydroxylation is 1. The Hall–Kier alpha value is -2.53. The monoisotopic (exact) mass is 326 g/mol. The van der Waals surface area contributed by atoms with Gasteiger partial charge in [0.1, 0.15) is 12.3 Å². The van der Waals surface area contributed by atoms with Crippen LogP contribution in [0, 0.1) is 6.92 Å². The number of nitrogens with one attached hydrogen (secondary N) is 3. The number of amides is 1. The van der Waals surface area contributed by atoms with Gasteiger partial charge in [0, 0.05) is 23.6 Å². The number of benzene rings is 1. The Bertz CT molecular complexity index is 819. The lowest BCUT2D eigenvalue weighted by Crippen LogP contribution is -3.08. The summed E-state index contributed by atoms with van der Waals surface area (Å²) in [5, 5.41) is 4.23. The molecule has 2 aromatic heterocycles. The zero-order chi connectivity index (χ0) is 16.9. The van der Waals surface area contributed by atoms with Crippen LogP contribution in [0.1, 0.15) is 17.1 Å². The fourth-order valence-corrected chi connectivity index (χ4v) is 2.95. The van der Waals surface area contributed by atoms with Crippen molar-refractivity contribution in [3.05, 3.63) is 59.7 Å². The smallest absolute Gasteiger partial charge is 0.275 e. The van der Waals surface area contributed by atoms with Gasteiger partial charge >= 0.3 is 0 Å². The van der Waals surface area contributed by atoms with Crippen LogP contribution < -0.4 is 10.2 Å². The number of rotatable bonds is 7. The van der Waals surface area contributed by atoms with Crippen LogP contribution in [0.5, 0.6) is 0 Å². The number of H-pyrrole nitrogens is 1. The highest BCUT2D eigenvalue weighted by Crippen LogP contribution is 2.17. The van der Waals surface area contributed by atoms with Crippen molar-refractivity contribution in [3.63, 3.8) is 0 Å². The van der Waals surface area contributed by atoms with Crippen molar-refractivity contribution in [1.29, 1.82) is 0 Å². The molecule has 1 amide bonds. The zero-order valence-corrected chi connectivity index (χ0v) is 14.2. The van der Waals surface area contributed by atoms with E-state index in [9.17, 15) is 4.79 Å². The summed E-state index contributed by atoms with van der Waals surface area (Å²) >= 11 is 0. The summed E-state index contributed by atoms with van der Waals surface area (Å²) in [4.78, 5) is 16.4. The van der Waals surface area contributed by atoms with Gasteiger partial charge in [-0.3, -0.25) is 4.79 Å². The van der Waals surface area contributed by atoms with Gasteiger partial charge in [-0.1, -0.05) is 18.2 Å². The molecule has 0 aliphatic carbocycles. The molecule has 0 bridgehead atoms. The molecule has 1 unspecified atom stereocenters. The van der Waals surface area contributed by atoms with E-state index in [1.54, 1.807) is 0 Å². The summed E-state index contributed by atoms with van der Waals surface area (Å²) in [5.41, 5.74) is 2.37. The van der Waals surface area contributed by atoms with Crippen molar-refractivity contribution in [2.75, 3.05) is 20.1 Å². The van der Waals surface area contributed by atoms with E-state index in [0.29, 0.717) is 19.6 Å². The van der Waals surface area contributed by atoms with Crippen LogP contribution in [0.15, 0.2) is 47.0 Å². The molecule has 5 nitrogen and oxygen atoms in total. The average molecular weight is 326 g/mol. The first kappa shape index (κ1) is 16.3. The largest absolute Gasteiger partial charge is 0.460 e. The molecule has 3 rings (SSSR count). The first-order chi connectivity index (χ1) is 11.6. The molecule has 3 N–H and O–H groups in total. The van der Waals surface area contributed by atoms with Crippen LogP contribution in [-0.2, 0) is 17.8 Å². The Morgan fingerprint density at radius 3 is 2.88 bits per heavy atom. The SMILES string of the molecule is Cc1ccc(C[NH+](C)CC(=O)NCCc2c[nH]c3ccccc23)o1. The molecule has 0 saturated heterocycles. The maximum absolute atomic E-state index is 12.1. The van der Waals surface area contributed by atoms with E-state index in [0.717, 1.165) is 28.4 Å². The molecule has 3 aromatic rings.